The molecule has 1 aliphatic heterocycles. The van der Waals surface area contributed by atoms with Gasteiger partial charge in [-0.2, -0.15) is 0 Å². The van der Waals surface area contributed by atoms with Crippen LogP contribution in [0.2, 0.25) is 0 Å². The first kappa shape index (κ1) is 22.8. The molecule has 1 unspecified atom stereocenters. The Morgan fingerprint density at radius 1 is 1.24 bits per heavy atom. The maximum atomic E-state index is 12.6. The minimum Gasteiger partial charge on any atom is -0.493 e. The number of ether oxygens (including phenoxy) is 3. The van der Waals surface area contributed by atoms with Crippen LogP contribution in [0.1, 0.15) is 46.6 Å². The zero-order chi connectivity index (χ0) is 21.8. The molecule has 1 aromatic rings. The molecular formula is C21H27NO6S. The highest BCUT2D eigenvalue weighted by Crippen LogP contribution is 2.35. The predicted octanol–water partition coefficient (Wildman–Crippen LogP) is 4.25. The summed E-state index contributed by atoms with van der Waals surface area (Å²) < 4.78 is 16.4. The van der Waals surface area contributed by atoms with E-state index in [2.05, 4.69) is 0 Å². The molecule has 1 aliphatic rings. The van der Waals surface area contributed by atoms with Gasteiger partial charge in [-0.15, -0.1) is 0 Å². The van der Waals surface area contributed by atoms with E-state index in [0.717, 1.165) is 23.1 Å². The van der Waals surface area contributed by atoms with Crippen molar-refractivity contribution in [3.63, 3.8) is 0 Å². The van der Waals surface area contributed by atoms with E-state index in [0.29, 0.717) is 17.1 Å². The Bertz CT molecular complexity index is 827. The van der Waals surface area contributed by atoms with Crippen molar-refractivity contribution < 1.29 is 28.6 Å². The molecule has 158 valence electrons. The lowest BCUT2D eigenvalue weighted by Crippen LogP contribution is -2.37. The molecule has 1 atom stereocenters. The van der Waals surface area contributed by atoms with Gasteiger partial charge >= 0.3 is 5.97 Å². The first-order valence-electron chi connectivity index (χ1n) is 9.36. The number of hydrogen-bond acceptors (Lipinski definition) is 7. The molecule has 0 spiro atoms. The van der Waals surface area contributed by atoms with E-state index in [9.17, 15) is 14.4 Å². The number of hydrogen-bond donors (Lipinski definition) is 0. The summed E-state index contributed by atoms with van der Waals surface area (Å²) in [7, 11) is 1.54. The van der Waals surface area contributed by atoms with E-state index in [-0.39, 0.29) is 11.0 Å². The quantitative estimate of drug-likeness (QED) is 0.481. The van der Waals surface area contributed by atoms with Crippen molar-refractivity contribution in [2.45, 2.75) is 52.7 Å². The molecule has 2 rings (SSSR count). The minimum absolute atomic E-state index is 0.0408. The molecular weight excluding hydrogens is 394 g/mol. The largest absolute Gasteiger partial charge is 0.493 e. The Balaban J connectivity index is 2.17. The van der Waals surface area contributed by atoms with E-state index in [1.807, 2.05) is 13.8 Å². The highest BCUT2D eigenvalue weighted by atomic mass is 32.2. The smallest absolute Gasteiger partial charge is 0.326 e. The van der Waals surface area contributed by atoms with Crippen molar-refractivity contribution in [2.24, 2.45) is 0 Å². The van der Waals surface area contributed by atoms with Crippen LogP contribution in [-0.2, 0) is 14.3 Å². The topological polar surface area (TPSA) is 82.1 Å². The molecule has 8 heteroatoms. The number of benzene rings is 1. The van der Waals surface area contributed by atoms with Crippen LogP contribution in [0.3, 0.4) is 0 Å². The molecule has 2 amide bonds. The van der Waals surface area contributed by atoms with E-state index < -0.39 is 29.3 Å². The number of esters is 1. The third-order valence-electron chi connectivity index (χ3n) is 3.97. The van der Waals surface area contributed by atoms with E-state index in [4.69, 9.17) is 14.2 Å². The number of rotatable bonds is 7. The lowest BCUT2D eigenvalue weighted by Gasteiger charge is -2.21. The molecule has 0 saturated carbocycles. The second-order valence-corrected chi connectivity index (χ2v) is 8.59. The molecule has 1 heterocycles. The van der Waals surface area contributed by atoms with Gasteiger partial charge in [0.25, 0.3) is 11.1 Å². The summed E-state index contributed by atoms with van der Waals surface area (Å²) in [5.74, 6) is -0.0110. The Labute approximate surface area is 175 Å². The van der Waals surface area contributed by atoms with Gasteiger partial charge in [0.2, 0.25) is 0 Å². The monoisotopic (exact) mass is 421 g/mol. The van der Waals surface area contributed by atoms with Gasteiger partial charge in [-0.25, -0.2) is 0 Å². The summed E-state index contributed by atoms with van der Waals surface area (Å²) in [5.41, 5.74) is -0.00853. The standard InChI is InChI=1S/C21H27NO6S/c1-7-13(2)27-15-9-8-14(10-16(15)26-6)11-17-19(24)22(20(25)29-17)12-18(23)28-21(3,4)5/h8-11,13H,7,12H2,1-6H3/b17-11+. The van der Waals surface area contributed by atoms with Gasteiger partial charge in [0.05, 0.1) is 18.1 Å². The zero-order valence-electron chi connectivity index (χ0n) is 17.6. The summed E-state index contributed by atoms with van der Waals surface area (Å²) in [4.78, 5) is 37.9. The number of nitrogens with zero attached hydrogens (tertiary/aromatic N) is 1. The SMILES string of the molecule is CCC(C)Oc1ccc(/C=C2/SC(=O)N(CC(=O)OC(C)(C)C)C2=O)cc1OC. The molecule has 29 heavy (non-hydrogen) atoms. The second-order valence-electron chi connectivity index (χ2n) is 7.60. The average molecular weight is 422 g/mol. The molecule has 0 radical (unpaired) electrons. The van der Waals surface area contributed by atoms with Crippen LogP contribution in [-0.4, -0.2) is 47.4 Å². The second kappa shape index (κ2) is 9.35. The van der Waals surface area contributed by atoms with Crippen molar-refractivity contribution in [1.29, 1.82) is 0 Å². The maximum absolute atomic E-state index is 12.6. The molecule has 0 N–H and O–H groups in total. The lowest BCUT2D eigenvalue weighted by atomic mass is 10.1. The predicted molar refractivity (Wildman–Crippen MR) is 112 cm³/mol. The van der Waals surface area contributed by atoms with Crippen molar-refractivity contribution in [3.8, 4) is 11.5 Å². The normalized spacial score (nSPS) is 16.9. The van der Waals surface area contributed by atoms with Gasteiger partial charge < -0.3 is 14.2 Å². The third kappa shape index (κ3) is 6.25. The number of carbonyl (C=O) groups excluding carboxylic acids is 3. The molecule has 0 aromatic heterocycles. The van der Waals surface area contributed by atoms with Gasteiger partial charge in [-0.05, 0) is 69.6 Å². The molecule has 0 aliphatic carbocycles. The summed E-state index contributed by atoms with van der Waals surface area (Å²) >= 11 is 0.787. The van der Waals surface area contributed by atoms with E-state index >= 15 is 0 Å². The van der Waals surface area contributed by atoms with Crippen LogP contribution in [0.5, 0.6) is 11.5 Å². The Morgan fingerprint density at radius 3 is 2.52 bits per heavy atom. The highest BCUT2D eigenvalue weighted by molar-refractivity contribution is 8.18. The summed E-state index contributed by atoms with van der Waals surface area (Å²) in [5, 5.41) is -0.504. The van der Waals surface area contributed by atoms with E-state index in [1.54, 1.807) is 45.0 Å². The molecule has 7 nitrogen and oxygen atoms in total. The summed E-state index contributed by atoms with van der Waals surface area (Å²) in [6.07, 6.45) is 2.49. The van der Waals surface area contributed by atoms with Gasteiger partial charge in [-0.3, -0.25) is 19.3 Å². The van der Waals surface area contributed by atoms with Gasteiger partial charge in [0.15, 0.2) is 11.5 Å². The molecule has 1 fully saturated rings. The highest BCUT2D eigenvalue weighted by Gasteiger charge is 2.37. The summed E-state index contributed by atoms with van der Waals surface area (Å²) in [6.45, 7) is 8.75. The van der Waals surface area contributed by atoms with Gasteiger partial charge in [0, 0.05) is 0 Å². The van der Waals surface area contributed by atoms with Crippen LogP contribution in [0.25, 0.3) is 6.08 Å². The maximum Gasteiger partial charge on any atom is 0.326 e. The minimum atomic E-state index is -0.690. The fourth-order valence-electron chi connectivity index (χ4n) is 2.46. The van der Waals surface area contributed by atoms with Crippen LogP contribution in [0.15, 0.2) is 23.1 Å². The fraction of sp³-hybridized carbons (Fsp3) is 0.476. The first-order chi connectivity index (χ1) is 13.5. The van der Waals surface area contributed by atoms with Crippen LogP contribution in [0, 0.1) is 0 Å². The number of amides is 2. The number of thioether (sulfide) groups is 1. The third-order valence-corrected chi connectivity index (χ3v) is 4.88. The van der Waals surface area contributed by atoms with Crippen LogP contribution >= 0.6 is 11.8 Å². The average Bonchev–Trinajstić information content (AvgIpc) is 2.88. The Hall–Kier alpha value is -2.48. The molecule has 1 saturated heterocycles. The van der Waals surface area contributed by atoms with Crippen LogP contribution < -0.4 is 9.47 Å². The van der Waals surface area contributed by atoms with Crippen molar-refractivity contribution in [3.05, 3.63) is 28.7 Å². The Kier molecular flexibility index (Phi) is 7.35. The molecule has 1 aromatic carbocycles. The Morgan fingerprint density at radius 2 is 1.93 bits per heavy atom. The van der Waals surface area contributed by atoms with Gasteiger partial charge in [-0.1, -0.05) is 13.0 Å². The zero-order valence-corrected chi connectivity index (χ0v) is 18.4. The van der Waals surface area contributed by atoms with Crippen molar-refractivity contribution in [2.75, 3.05) is 13.7 Å². The number of imide groups is 1. The first-order valence-corrected chi connectivity index (χ1v) is 10.2. The van der Waals surface area contributed by atoms with Crippen molar-refractivity contribution in [1.82, 2.24) is 4.90 Å². The molecule has 0 bridgehead atoms. The fourth-order valence-corrected chi connectivity index (χ4v) is 3.30. The van der Waals surface area contributed by atoms with E-state index in [1.165, 1.54) is 7.11 Å². The van der Waals surface area contributed by atoms with Crippen molar-refractivity contribution >= 4 is 35.0 Å². The van der Waals surface area contributed by atoms with Gasteiger partial charge in [0.1, 0.15) is 12.1 Å². The number of carbonyl (C=O) groups is 3. The van der Waals surface area contributed by atoms with Crippen LogP contribution in [0.4, 0.5) is 4.79 Å². The summed E-state index contributed by atoms with van der Waals surface area (Å²) in [6, 6.07) is 5.28. The lowest BCUT2D eigenvalue weighted by molar-refractivity contribution is -0.156. The number of methoxy groups -OCH3 is 1.